The molecule has 1 amide bonds. The molecule has 4 nitrogen and oxygen atoms in total. The molecule has 3 aromatic rings. The van der Waals surface area contributed by atoms with E-state index in [9.17, 15) is 9.18 Å². The Kier molecular flexibility index (Phi) is 4.24. The Morgan fingerprint density at radius 3 is 2.74 bits per heavy atom. The van der Waals surface area contributed by atoms with Gasteiger partial charge in [0.2, 0.25) is 5.95 Å². The Labute approximate surface area is 141 Å². The number of halogens is 3. The molecule has 0 fully saturated rings. The van der Waals surface area contributed by atoms with E-state index >= 15 is 0 Å². The van der Waals surface area contributed by atoms with E-state index < -0.39 is 11.7 Å². The van der Waals surface area contributed by atoms with Crippen molar-refractivity contribution in [3.63, 3.8) is 0 Å². The predicted molar refractivity (Wildman–Crippen MR) is 89.8 cm³/mol. The van der Waals surface area contributed by atoms with Crippen molar-refractivity contribution in [2.75, 3.05) is 5.32 Å². The van der Waals surface area contributed by atoms with Crippen molar-refractivity contribution in [2.24, 2.45) is 0 Å². The predicted octanol–water partition coefficient (Wildman–Crippen LogP) is 4.75. The number of fused-ring (bicyclic) bond motifs is 1. The molecule has 0 spiro atoms. The molecule has 0 unspecified atom stereocenters. The van der Waals surface area contributed by atoms with Crippen LogP contribution >= 0.6 is 23.2 Å². The van der Waals surface area contributed by atoms with Gasteiger partial charge in [0.1, 0.15) is 5.82 Å². The van der Waals surface area contributed by atoms with Gasteiger partial charge in [0, 0.05) is 6.54 Å². The number of nitrogens with one attached hydrogen (secondary N) is 1. The van der Waals surface area contributed by atoms with E-state index in [1.165, 1.54) is 6.07 Å². The quantitative estimate of drug-likeness (QED) is 0.691. The summed E-state index contributed by atoms with van der Waals surface area (Å²) in [6.45, 7) is 2.57. The van der Waals surface area contributed by atoms with Crippen molar-refractivity contribution < 1.29 is 9.18 Å². The van der Waals surface area contributed by atoms with Gasteiger partial charge < -0.3 is 4.57 Å². The fourth-order valence-corrected chi connectivity index (χ4v) is 2.83. The number of para-hydroxylation sites is 2. The second kappa shape index (κ2) is 6.18. The lowest BCUT2D eigenvalue weighted by molar-refractivity contribution is 0.102. The van der Waals surface area contributed by atoms with Crippen molar-refractivity contribution in [3.05, 3.63) is 57.8 Å². The summed E-state index contributed by atoms with van der Waals surface area (Å²) in [6, 6.07) is 9.75. The molecule has 1 heterocycles. The van der Waals surface area contributed by atoms with Crippen molar-refractivity contribution in [1.82, 2.24) is 9.55 Å². The first-order valence-electron chi connectivity index (χ1n) is 6.92. The molecule has 0 radical (unpaired) electrons. The van der Waals surface area contributed by atoms with Gasteiger partial charge in [-0.2, -0.15) is 0 Å². The smallest absolute Gasteiger partial charge is 0.259 e. The van der Waals surface area contributed by atoms with Crippen molar-refractivity contribution in [2.45, 2.75) is 13.5 Å². The zero-order valence-electron chi connectivity index (χ0n) is 12.1. The molecule has 0 saturated carbocycles. The standard InChI is InChI=1S/C16H12Cl2FN3O/c1-2-22-14-6-4-3-5-13(14)20-16(22)21-15(23)9-7-12(19)11(18)8-10(9)17/h3-8H,2H2,1H3,(H,20,21,23). The highest BCUT2D eigenvalue weighted by Gasteiger charge is 2.17. The van der Waals surface area contributed by atoms with Gasteiger partial charge in [0.15, 0.2) is 0 Å². The molecule has 1 N–H and O–H groups in total. The molecule has 23 heavy (non-hydrogen) atoms. The lowest BCUT2D eigenvalue weighted by Crippen LogP contribution is -2.16. The molecule has 0 saturated heterocycles. The van der Waals surface area contributed by atoms with E-state index in [-0.39, 0.29) is 15.6 Å². The minimum absolute atomic E-state index is 0.00303. The van der Waals surface area contributed by atoms with Gasteiger partial charge >= 0.3 is 0 Å². The van der Waals surface area contributed by atoms with E-state index in [0.29, 0.717) is 12.5 Å². The molecule has 2 aromatic carbocycles. The van der Waals surface area contributed by atoms with Crippen LogP contribution in [0.5, 0.6) is 0 Å². The number of benzene rings is 2. The van der Waals surface area contributed by atoms with E-state index in [1.54, 1.807) is 0 Å². The second-order valence-corrected chi connectivity index (χ2v) is 5.68. The van der Waals surface area contributed by atoms with E-state index in [0.717, 1.165) is 17.1 Å². The van der Waals surface area contributed by atoms with Gasteiger partial charge in [-0.25, -0.2) is 9.37 Å². The van der Waals surface area contributed by atoms with Gasteiger partial charge in [-0.3, -0.25) is 10.1 Å². The van der Waals surface area contributed by atoms with Crippen LogP contribution in [-0.2, 0) is 6.54 Å². The Balaban J connectivity index is 1.99. The fourth-order valence-electron chi connectivity index (χ4n) is 2.36. The number of rotatable bonds is 3. The lowest BCUT2D eigenvalue weighted by Gasteiger charge is -2.09. The molecule has 118 valence electrons. The second-order valence-electron chi connectivity index (χ2n) is 4.87. The molecule has 3 rings (SSSR count). The first-order valence-corrected chi connectivity index (χ1v) is 7.68. The zero-order valence-corrected chi connectivity index (χ0v) is 13.6. The molecule has 1 aromatic heterocycles. The number of hydrogen-bond donors (Lipinski definition) is 1. The summed E-state index contributed by atoms with van der Waals surface area (Å²) in [5.74, 6) is -0.870. The third-order valence-corrected chi connectivity index (χ3v) is 4.05. The number of nitrogens with zero attached hydrogens (tertiary/aromatic N) is 2. The summed E-state index contributed by atoms with van der Waals surface area (Å²) < 4.78 is 15.4. The number of carbonyl (C=O) groups is 1. The average Bonchev–Trinajstić information content (AvgIpc) is 2.87. The van der Waals surface area contributed by atoms with Crippen LogP contribution in [0.2, 0.25) is 10.0 Å². The van der Waals surface area contributed by atoms with Crippen LogP contribution in [0.1, 0.15) is 17.3 Å². The number of aromatic nitrogens is 2. The molecule has 0 bridgehead atoms. The average molecular weight is 352 g/mol. The molecule has 0 atom stereocenters. The third kappa shape index (κ3) is 2.90. The van der Waals surface area contributed by atoms with Crippen LogP contribution in [0, 0.1) is 5.82 Å². The van der Waals surface area contributed by atoms with Crippen molar-refractivity contribution >= 4 is 46.1 Å². The van der Waals surface area contributed by atoms with Crippen LogP contribution < -0.4 is 5.32 Å². The normalized spacial score (nSPS) is 11.0. The Morgan fingerprint density at radius 2 is 2.00 bits per heavy atom. The van der Waals surface area contributed by atoms with Gasteiger partial charge in [-0.1, -0.05) is 35.3 Å². The van der Waals surface area contributed by atoms with E-state index in [4.69, 9.17) is 23.2 Å². The molecule has 7 heteroatoms. The first kappa shape index (κ1) is 15.8. The highest BCUT2D eigenvalue weighted by molar-refractivity contribution is 6.37. The van der Waals surface area contributed by atoms with Crippen LogP contribution in [0.4, 0.5) is 10.3 Å². The number of carbonyl (C=O) groups excluding carboxylic acids is 1. The Bertz CT molecular complexity index is 908. The summed E-state index contributed by atoms with van der Waals surface area (Å²) in [5.41, 5.74) is 1.67. The van der Waals surface area contributed by atoms with Crippen LogP contribution in [0.15, 0.2) is 36.4 Å². The largest absolute Gasteiger partial charge is 0.310 e. The number of amides is 1. The van der Waals surface area contributed by atoms with Gasteiger partial charge in [-0.05, 0) is 31.2 Å². The van der Waals surface area contributed by atoms with Gasteiger partial charge in [0.25, 0.3) is 5.91 Å². The molecule has 0 aliphatic heterocycles. The number of hydrogen-bond acceptors (Lipinski definition) is 2. The van der Waals surface area contributed by atoms with Crippen LogP contribution in [0.25, 0.3) is 11.0 Å². The molecular weight excluding hydrogens is 340 g/mol. The van der Waals surface area contributed by atoms with E-state index in [1.807, 2.05) is 35.8 Å². The zero-order chi connectivity index (χ0) is 16.6. The highest BCUT2D eigenvalue weighted by Crippen LogP contribution is 2.26. The summed E-state index contributed by atoms with van der Waals surface area (Å²) in [6.07, 6.45) is 0. The monoisotopic (exact) mass is 351 g/mol. The number of anilines is 1. The summed E-state index contributed by atoms with van der Waals surface area (Å²) in [7, 11) is 0. The fraction of sp³-hybridized carbons (Fsp3) is 0.125. The third-order valence-electron chi connectivity index (χ3n) is 3.45. The van der Waals surface area contributed by atoms with Gasteiger partial charge in [-0.15, -0.1) is 0 Å². The summed E-state index contributed by atoms with van der Waals surface area (Å²) in [5, 5.41) is 2.62. The molecule has 0 aliphatic carbocycles. The van der Waals surface area contributed by atoms with Gasteiger partial charge in [0.05, 0.1) is 26.6 Å². The maximum Gasteiger partial charge on any atom is 0.259 e. The molecular formula is C16H12Cl2FN3O. The van der Waals surface area contributed by atoms with Crippen LogP contribution in [-0.4, -0.2) is 15.5 Å². The van der Waals surface area contributed by atoms with Crippen molar-refractivity contribution in [1.29, 1.82) is 0 Å². The topological polar surface area (TPSA) is 46.9 Å². The maximum absolute atomic E-state index is 13.6. The molecule has 0 aliphatic rings. The Hall–Kier alpha value is -2.11. The number of aryl methyl sites for hydroxylation is 1. The number of imidazole rings is 1. The summed E-state index contributed by atoms with van der Waals surface area (Å²) >= 11 is 11.6. The summed E-state index contributed by atoms with van der Waals surface area (Å²) in [4.78, 5) is 16.8. The lowest BCUT2D eigenvalue weighted by atomic mass is 10.2. The van der Waals surface area contributed by atoms with Crippen molar-refractivity contribution in [3.8, 4) is 0 Å². The highest BCUT2D eigenvalue weighted by atomic mass is 35.5. The SMILES string of the molecule is CCn1c(NC(=O)c2cc(F)c(Cl)cc2Cl)nc2ccccc21. The first-order chi connectivity index (χ1) is 11.0. The Morgan fingerprint density at radius 1 is 1.26 bits per heavy atom. The van der Waals surface area contributed by atoms with E-state index in [2.05, 4.69) is 10.3 Å². The maximum atomic E-state index is 13.6. The minimum Gasteiger partial charge on any atom is -0.310 e. The van der Waals surface area contributed by atoms with Crippen LogP contribution in [0.3, 0.4) is 0 Å². The minimum atomic E-state index is -0.704.